The topological polar surface area (TPSA) is 89.3 Å². The van der Waals surface area contributed by atoms with E-state index < -0.39 is 0 Å². The lowest BCUT2D eigenvalue weighted by atomic mass is 10.0. The Bertz CT molecular complexity index is 1690. The van der Waals surface area contributed by atoms with Crippen molar-refractivity contribution in [2.45, 2.75) is 11.8 Å². The summed E-state index contributed by atoms with van der Waals surface area (Å²) in [6.07, 6.45) is 3.36. The molecule has 0 bridgehead atoms. The van der Waals surface area contributed by atoms with Crippen LogP contribution >= 0.6 is 34.7 Å². The average Bonchev–Trinajstić information content (AvgIpc) is 3.67. The lowest BCUT2D eigenvalue weighted by Crippen LogP contribution is -2.42. The summed E-state index contributed by atoms with van der Waals surface area (Å²) in [5.41, 5.74) is 5.18. The van der Waals surface area contributed by atoms with Gasteiger partial charge in [-0.1, -0.05) is 23.7 Å². The molecule has 2 amide bonds. The van der Waals surface area contributed by atoms with E-state index in [2.05, 4.69) is 21.7 Å². The van der Waals surface area contributed by atoms with Gasteiger partial charge in [0, 0.05) is 35.1 Å². The highest BCUT2D eigenvalue weighted by molar-refractivity contribution is 8.00. The third-order valence-corrected chi connectivity index (χ3v) is 9.12. The van der Waals surface area contributed by atoms with Crippen molar-refractivity contribution in [1.29, 1.82) is 0 Å². The summed E-state index contributed by atoms with van der Waals surface area (Å²) in [7, 11) is 1.61. The Hall–Kier alpha value is -4.12. The van der Waals surface area contributed by atoms with Crippen LogP contribution in [-0.2, 0) is 16.1 Å². The van der Waals surface area contributed by atoms with Crippen LogP contribution in [0.1, 0.15) is 21.9 Å². The first kappa shape index (κ1) is 28.0. The molecule has 1 N–H and O–H groups in total. The highest BCUT2D eigenvalue weighted by Crippen LogP contribution is 2.49. The molecule has 1 unspecified atom stereocenters. The first-order chi connectivity index (χ1) is 20.5. The van der Waals surface area contributed by atoms with E-state index >= 15 is 0 Å². The summed E-state index contributed by atoms with van der Waals surface area (Å²) < 4.78 is 7.14. The molecule has 0 spiro atoms. The number of anilines is 1. The van der Waals surface area contributed by atoms with Gasteiger partial charge in [0.1, 0.15) is 18.1 Å². The predicted molar refractivity (Wildman–Crippen MR) is 168 cm³/mol. The fraction of sp³-hybridized carbons (Fsp3) is 0.161. The number of thioether (sulfide) groups is 1. The number of hydrogen-bond donors (Lipinski definition) is 1. The van der Waals surface area contributed by atoms with E-state index in [9.17, 15) is 9.59 Å². The van der Waals surface area contributed by atoms with Crippen molar-refractivity contribution in [2.75, 3.05) is 24.3 Å². The highest BCUT2D eigenvalue weighted by atomic mass is 35.5. The average molecular weight is 616 g/mol. The Morgan fingerprint density at radius 2 is 1.83 bits per heavy atom. The van der Waals surface area contributed by atoms with Crippen molar-refractivity contribution in [2.24, 2.45) is 0 Å². The standard InChI is InChI=1S/C31H26ClN5O3S2/c1-40-25-8-6-24(7-9-25)37-31-28(29(35-37)21-2-4-23(32)5-3-21)30(22-12-15-41-18-22)42-19-27(39)36(31)17-26(38)34-16-20-10-13-33-14-11-20/h2-15,18,30H,16-17,19H2,1H3,(H,34,38). The van der Waals surface area contributed by atoms with Crippen LogP contribution in [0.15, 0.2) is 89.9 Å². The lowest BCUT2D eigenvalue weighted by Gasteiger charge is -2.23. The third-order valence-electron chi connectivity index (χ3n) is 6.91. The molecule has 3 aromatic heterocycles. The summed E-state index contributed by atoms with van der Waals surface area (Å²) in [6.45, 7) is 0.173. The van der Waals surface area contributed by atoms with Crippen LogP contribution in [0.3, 0.4) is 0 Å². The number of rotatable bonds is 8. The molecule has 4 heterocycles. The number of hydrogen-bond acceptors (Lipinski definition) is 7. The highest BCUT2D eigenvalue weighted by Gasteiger charge is 2.37. The maximum atomic E-state index is 13.8. The van der Waals surface area contributed by atoms with Crippen LogP contribution < -0.4 is 15.0 Å². The molecule has 1 atom stereocenters. The van der Waals surface area contributed by atoms with Gasteiger partial charge < -0.3 is 10.1 Å². The number of halogens is 1. The van der Waals surface area contributed by atoms with Gasteiger partial charge in [-0.2, -0.15) is 16.4 Å². The number of nitrogens with one attached hydrogen (secondary N) is 1. The number of carbonyl (C=O) groups is 2. The molecule has 212 valence electrons. The molecule has 0 saturated carbocycles. The van der Waals surface area contributed by atoms with Crippen LogP contribution in [0.25, 0.3) is 16.9 Å². The van der Waals surface area contributed by atoms with Crippen molar-refractivity contribution in [3.8, 4) is 22.7 Å². The van der Waals surface area contributed by atoms with Crippen molar-refractivity contribution >= 4 is 52.3 Å². The van der Waals surface area contributed by atoms with Gasteiger partial charge in [-0.05, 0) is 76.5 Å². The molecule has 6 rings (SSSR count). The van der Waals surface area contributed by atoms with Gasteiger partial charge >= 0.3 is 0 Å². The number of nitrogens with zero attached hydrogens (tertiary/aromatic N) is 4. The number of methoxy groups -OCH3 is 1. The fourth-order valence-electron chi connectivity index (χ4n) is 4.83. The lowest BCUT2D eigenvalue weighted by molar-refractivity contribution is -0.123. The molecule has 0 fully saturated rings. The maximum Gasteiger partial charge on any atom is 0.240 e. The SMILES string of the molecule is COc1ccc(-n2nc(-c3ccc(Cl)cc3)c3c2N(CC(=O)NCc2ccncc2)C(=O)CSC3c2ccsc2)cc1. The Balaban J connectivity index is 1.50. The van der Waals surface area contributed by atoms with Gasteiger partial charge in [0.25, 0.3) is 0 Å². The third kappa shape index (κ3) is 5.78. The van der Waals surface area contributed by atoms with Crippen LogP contribution in [0.4, 0.5) is 5.82 Å². The van der Waals surface area contributed by atoms with Crippen LogP contribution in [0.5, 0.6) is 5.75 Å². The second-order valence-electron chi connectivity index (χ2n) is 9.56. The first-order valence-electron chi connectivity index (χ1n) is 13.1. The Labute approximate surface area is 256 Å². The Kier molecular flexibility index (Phi) is 8.27. The monoisotopic (exact) mass is 615 g/mol. The molecular weight excluding hydrogens is 590 g/mol. The number of pyridine rings is 1. The van der Waals surface area contributed by atoms with Crippen LogP contribution in [-0.4, -0.2) is 46.0 Å². The molecule has 0 radical (unpaired) electrons. The number of thiophene rings is 1. The minimum Gasteiger partial charge on any atom is -0.497 e. The van der Waals surface area contributed by atoms with Crippen LogP contribution in [0, 0.1) is 0 Å². The van der Waals surface area contributed by atoms with Crippen molar-refractivity contribution < 1.29 is 14.3 Å². The maximum absolute atomic E-state index is 13.8. The number of carbonyl (C=O) groups excluding carboxylic acids is 2. The van der Waals surface area contributed by atoms with Gasteiger partial charge in [-0.3, -0.25) is 19.5 Å². The number of amides is 2. The van der Waals surface area contributed by atoms with E-state index in [0.717, 1.165) is 33.6 Å². The molecule has 1 aliphatic rings. The minimum atomic E-state index is -0.277. The predicted octanol–water partition coefficient (Wildman–Crippen LogP) is 6.14. The number of aromatic nitrogens is 3. The molecule has 5 aromatic rings. The minimum absolute atomic E-state index is 0.157. The summed E-state index contributed by atoms with van der Waals surface area (Å²) in [5.74, 6) is 1.02. The second kappa shape index (κ2) is 12.4. The second-order valence-corrected chi connectivity index (χ2v) is 11.9. The van der Waals surface area contributed by atoms with Gasteiger partial charge in [-0.15, -0.1) is 11.8 Å². The Morgan fingerprint density at radius 3 is 2.52 bits per heavy atom. The smallest absolute Gasteiger partial charge is 0.240 e. The van der Waals surface area contributed by atoms with E-state index in [1.165, 1.54) is 11.8 Å². The first-order valence-corrected chi connectivity index (χ1v) is 15.5. The molecule has 0 aliphatic carbocycles. The van der Waals surface area contributed by atoms with Gasteiger partial charge in [0.05, 0.1) is 29.5 Å². The summed E-state index contributed by atoms with van der Waals surface area (Å²) in [5, 5.41) is 12.6. The molecule has 1 aliphatic heterocycles. The summed E-state index contributed by atoms with van der Waals surface area (Å²) >= 11 is 9.38. The molecule has 2 aromatic carbocycles. The van der Waals surface area contributed by atoms with Crippen molar-refractivity contribution in [1.82, 2.24) is 20.1 Å². The number of fused-ring (bicyclic) bond motifs is 1. The molecule has 0 saturated heterocycles. The van der Waals surface area contributed by atoms with Crippen molar-refractivity contribution in [3.05, 3.63) is 112 Å². The zero-order chi connectivity index (χ0) is 29.1. The summed E-state index contributed by atoms with van der Waals surface area (Å²) in [6, 6.07) is 20.7. The van der Waals surface area contributed by atoms with E-state index in [0.29, 0.717) is 23.1 Å². The van der Waals surface area contributed by atoms with Gasteiger partial charge in [-0.25, -0.2) is 4.68 Å². The molecular formula is C31H26ClN5O3S2. The van der Waals surface area contributed by atoms with E-state index in [4.69, 9.17) is 21.4 Å². The van der Waals surface area contributed by atoms with Gasteiger partial charge in [0.15, 0.2) is 0 Å². The quantitative estimate of drug-likeness (QED) is 0.225. The van der Waals surface area contributed by atoms with Gasteiger partial charge in [0.2, 0.25) is 11.8 Å². The zero-order valence-corrected chi connectivity index (χ0v) is 25.0. The zero-order valence-electron chi connectivity index (χ0n) is 22.6. The van der Waals surface area contributed by atoms with E-state index in [1.807, 2.05) is 66.0 Å². The number of benzene rings is 2. The van der Waals surface area contributed by atoms with E-state index in [1.54, 1.807) is 40.4 Å². The van der Waals surface area contributed by atoms with Crippen molar-refractivity contribution in [3.63, 3.8) is 0 Å². The fourth-order valence-corrected chi connectivity index (χ4v) is 6.92. The molecule has 8 nitrogen and oxygen atoms in total. The molecule has 11 heteroatoms. The summed E-state index contributed by atoms with van der Waals surface area (Å²) in [4.78, 5) is 32.7. The van der Waals surface area contributed by atoms with Crippen LogP contribution in [0.2, 0.25) is 5.02 Å². The number of ether oxygens (including phenoxy) is 1. The Morgan fingerprint density at radius 1 is 1.07 bits per heavy atom. The normalized spacial score (nSPS) is 14.8. The largest absolute Gasteiger partial charge is 0.497 e. The molecule has 42 heavy (non-hydrogen) atoms. The van der Waals surface area contributed by atoms with E-state index in [-0.39, 0.29) is 29.4 Å².